The predicted octanol–water partition coefficient (Wildman–Crippen LogP) is 2.85. The third kappa shape index (κ3) is 3.20. The second kappa shape index (κ2) is 6.25. The van der Waals surface area contributed by atoms with Crippen molar-refractivity contribution >= 4 is 15.5 Å². The zero-order valence-electron chi connectivity index (χ0n) is 12.6. The first-order valence-corrected chi connectivity index (χ1v) is 8.29. The van der Waals surface area contributed by atoms with Crippen LogP contribution in [-0.4, -0.2) is 32.9 Å². The van der Waals surface area contributed by atoms with Crippen LogP contribution in [0, 0.1) is 0 Å². The van der Waals surface area contributed by atoms with Gasteiger partial charge in [0, 0.05) is 19.8 Å². The number of halogens is 2. The molecule has 0 amide bonds. The van der Waals surface area contributed by atoms with Gasteiger partial charge in [-0.1, -0.05) is 30.3 Å². The van der Waals surface area contributed by atoms with Gasteiger partial charge in [-0.05, 0) is 29.8 Å². The van der Waals surface area contributed by atoms with Gasteiger partial charge in [0.05, 0.1) is 4.90 Å². The molecule has 1 atom stereocenters. The van der Waals surface area contributed by atoms with E-state index in [1.807, 2.05) is 0 Å². The number of benzene rings is 2. The van der Waals surface area contributed by atoms with E-state index >= 15 is 0 Å². The summed E-state index contributed by atoms with van der Waals surface area (Å²) in [5.41, 5.74) is 0.579. The largest absolute Gasteiger partial charge is 0.381 e. The normalized spacial score (nSPS) is 13.6. The number of nitrogens with zero attached hydrogens (tertiary/aromatic N) is 1. The van der Waals surface area contributed by atoms with Crippen molar-refractivity contribution in [2.45, 2.75) is 16.3 Å². The Morgan fingerprint density at radius 2 is 1.52 bits per heavy atom. The summed E-state index contributed by atoms with van der Waals surface area (Å²) < 4.78 is 53.0. The quantitative estimate of drug-likeness (QED) is 0.909. The molecule has 0 aliphatic carbocycles. The molecule has 0 spiro atoms. The van der Waals surface area contributed by atoms with E-state index < -0.39 is 26.1 Å². The summed E-state index contributed by atoms with van der Waals surface area (Å²) in [5.74, 6) is 0. The lowest BCUT2D eigenvalue weighted by atomic mass is 10.1. The summed E-state index contributed by atoms with van der Waals surface area (Å²) in [5, 5.41) is 5.59. The molecule has 0 bridgehead atoms. The van der Waals surface area contributed by atoms with Gasteiger partial charge in [0.15, 0.2) is 6.10 Å². The van der Waals surface area contributed by atoms with Gasteiger partial charge in [0.25, 0.3) is 0 Å². The Bertz CT molecular complexity index is 760. The Morgan fingerprint density at radius 1 is 1.00 bits per heavy atom. The third-order valence-corrected chi connectivity index (χ3v) is 5.29. The second-order valence-corrected chi connectivity index (χ2v) is 7.29. The van der Waals surface area contributed by atoms with Crippen molar-refractivity contribution in [3.8, 4) is 0 Å². The molecular weight excluding hydrogens is 324 g/mol. The van der Waals surface area contributed by atoms with Gasteiger partial charge in [-0.25, -0.2) is 8.42 Å². The van der Waals surface area contributed by atoms with Crippen LogP contribution in [0.15, 0.2) is 59.5 Å². The van der Waals surface area contributed by atoms with Crippen molar-refractivity contribution < 1.29 is 22.3 Å². The first-order valence-electron chi connectivity index (χ1n) is 6.81. The van der Waals surface area contributed by atoms with Crippen LogP contribution in [0.4, 0.5) is 14.5 Å². The van der Waals surface area contributed by atoms with Crippen LogP contribution >= 0.6 is 0 Å². The van der Waals surface area contributed by atoms with Crippen LogP contribution in [0.1, 0.15) is 11.7 Å². The highest BCUT2D eigenvalue weighted by molar-refractivity contribution is 7.92. The molecule has 0 aromatic heterocycles. The monoisotopic (exact) mass is 341 g/mol. The van der Waals surface area contributed by atoms with Crippen LogP contribution < -0.4 is 4.90 Å². The van der Waals surface area contributed by atoms with Crippen LogP contribution in [0.5, 0.6) is 0 Å². The van der Waals surface area contributed by atoms with Gasteiger partial charge in [-0.15, -0.1) is 0 Å². The van der Waals surface area contributed by atoms with E-state index in [0.29, 0.717) is 0 Å². The number of alkyl halides is 2. The van der Waals surface area contributed by atoms with Crippen LogP contribution in [0.3, 0.4) is 0 Å². The van der Waals surface area contributed by atoms with Gasteiger partial charge in [0.1, 0.15) is 0 Å². The topological polar surface area (TPSA) is 57.6 Å². The molecule has 0 aliphatic heterocycles. The standard InChI is InChI=1S/C16H17F2NO3S/c1-19(2)13-10-8-12(9-11-13)15(20)16(17,18)23(21,22)14-6-4-3-5-7-14/h3-11,15,20H,1-2H3. The molecule has 0 aliphatic rings. The molecule has 2 rings (SSSR count). The molecule has 124 valence electrons. The fourth-order valence-corrected chi connectivity index (χ4v) is 3.31. The summed E-state index contributed by atoms with van der Waals surface area (Å²) in [7, 11) is -1.45. The molecule has 7 heteroatoms. The minimum absolute atomic E-state index is 0.167. The molecule has 23 heavy (non-hydrogen) atoms. The number of hydrogen-bond acceptors (Lipinski definition) is 4. The van der Waals surface area contributed by atoms with Crippen LogP contribution in [0.25, 0.3) is 0 Å². The van der Waals surface area contributed by atoms with E-state index in [0.717, 1.165) is 17.8 Å². The summed E-state index contributed by atoms with van der Waals surface area (Å²) in [4.78, 5) is 1.23. The number of anilines is 1. The van der Waals surface area contributed by atoms with Crippen molar-refractivity contribution in [3.63, 3.8) is 0 Å². The third-order valence-electron chi connectivity index (χ3n) is 3.46. The van der Waals surface area contributed by atoms with Crippen molar-refractivity contribution in [3.05, 3.63) is 60.2 Å². The molecular formula is C16H17F2NO3S. The van der Waals surface area contributed by atoms with Crippen molar-refractivity contribution in [1.82, 2.24) is 0 Å². The molecule has 0 radical (unpaired) electrons. The molecule has 2 aromatic carbocycles. The van der Waals surface area contributed by atoms with Gasteiger partial charge < -0.3 is 10.0 Å². The van der Waals surface area contributed by atoms with Crippen molar-refractivity contribution in [1.29, 1.82) is 0 Å². The molecule has 0 saturated carbocycles. The Morgan fingerprint density at radius 3 is 2.00 bits per heavy atom. The predicted molar refractivity (Wildman–Crippen MR) is 84.3 cm³/mol. The lowest BCUT2D eigenvalue weighted by molar-refractivity contribution is -0.0434. The average molecular weight is 341 g/mol. The zero-order valence-corrected chi connectivity index (χ0v) is 13.5. The minimum atomic E-state index is -5.01. The molecule has 0 heterocycles. The Kier molecular flexibility index (Phi) is 4.72. The minimum Gasteiger partial charge on any atom is -0.381 e. The number of aliphatic hydroxyl groups excluding tert-OH is 1. The van der Waals surface area contributed by atoms with Crippen LogP contribution in [-0.2, 0) is 9.84 Å². The highest BCUT2D eigenvalue weighted by Crippen LogP contribution is 2.40. The lowest BCUT2D eigenvalue weighted by Crippen LogP contribution is -2.36. The van der Waals surface area contributed by atoms with Gasteiger partial charge in [-0.2, -0.15) is 8.78 Å². The van der Waals surface area contributed by atoms with Gasteiger partial charge >= 0.3 is 5.25 Å². The number of sulfone groups is 1. The van der Waals surface area contributed by atoms with Crippen molar-refractivity contribution in [2.75, 3.05) is 19.0 Å². The number of rotatable bonds is 5. The smallest absolute Gasteiger partial charge is 0.379 e. The average Bonchev–Trinajstić information content (AvgIpc) is 2.54. The second-order valence-electron chi connectivity index (χ2n) is 5.27. The number of aliphatic hydroxyl groups is 1. The first kappa shape index (κ1) is 17.4. The molecule has 2 aromatic rings. The molecule has 0 fully saturated rings. The summed E-state index contributed by atoms with van der Waals surface area (Å²) >= 11 is 0. The van der Waals surface area contributed by atoms with Gasteiger partial charge in [0.2, 0.25) is 9.84 Å². The van der Waals surface area contributed by atoms with Crippen molar-refractivity contribution in [2.24, 2.45) is 0 Å². The molecule has 1 unspecified atom stereocenters. The van der Waals surface area contributed by atoms with E-state index in [9.17, 15) is 22.3 Å². The Balaban J connectivity index is 2.38. The van der Waals surface area contributed by atoms with Crippen LogP contribution in [0.2, 0.25) is 0 Å². The van der Waals surface area contributed by atoms with E-state index in [4.69, 9.17) is 0 Å². The number of hydrogen-bond donors (Lipinski definition) is 1. The maximum Gasteiger partial charge on any atom is 0.379 e. The summed E-state index contributed by atoms with van der Waals surface area (Å²) in [6.07, 6.45) is -2.45. The lowest BCUT2D eigenvalue weighted by Gasteiger charge is -2.23. The fraction of sp³-hybridized carbons (Fsp3) is 0.250. The Hall–Kier alpha value is -1.99. The Labute approximate surface area is 133 Å². The zero-order chi connectivity index (χ0) is 17.3. The fourth-order valence-electron chi connectivity index (χ4n) is 2.05. The highest BCUT2D eigenvalue weighted by atomic mass is 32.2. The highest BCUT2D eigenvalue weighted by Gasteiger charge is 2.53. The van der Waals surface area contributed by atoms with E-state index in [1.165, 1.54) is 42.5 Å². The molecule has 0 saturated heterocycles. The summed E-state index contributed by atoms with van der Waals surface area (Å²) in [6.45, 7) is 0. The maximum absolute atomic E-state index is 14.4. The van der Waals surface area contributed by atoms with Gasteiger partial charge in [-0.3, -0.25) is 0 Å². The van der Waals surface area contributed by atoms with E-state index in [-0.39, 0.29) is 5.56 Å². The molecule has 1 N–H and O–H groups in total. The SMILES string of the molecule is CN(C)c1ccc(C(O)C(F)(F)S(=O)(=O)c2ccccc2)cc1. The summed E-state index contributed by atoms with van der Waals surface area (Å²) in [6, 6.07) is 12.0. The maximum atomic E-state index is 14.4. The van der Waals surface area contributed by atoms with E-state index in [1.54, 1.807) is 19.0 Å². The first-order chi connectivity index (χ1) is 10.7. The van der Waals surface area contributed by atoms with E-state index in [2.05, 4.69) is 0 Å². The molecule has 4 nitrogen and oxygen atoms in total.